The van der Waals surface area contributed by atoms with Crippen LogP contribution in [0.2, 0.25) is 5.02 Å². The van der Waals surface area contributed by atoms with Gasteiger partial charge in [0, 0.05) is 32.6 Å². The molecule has 3 aromatic carbocycles. The van der Waals surface area contributed by atoms with Crippen LogP contribution in [-0.4, -0.2) is 27.4 Å². The second-order valence-corrected chi connectivity index (χ2v) is 10.1. The van der Waals surface area contributed by atoms with Gasteiger partial charge in [-0.15, -0.1) is 0 Å². The maximum Gasteiger partial charge on any atom is 0.315 e. The summed E-state index contributed by atoms with van der Waals surface area (Å²) in [6.07, 6.45) is 2.12. The third-order valence-corrected chi connectivity index (χ3v) is 6.95. The maximum absolute atomic E-state index is 13.4. The molecule has 0 bridgehead atoms. The van der Waals surface area contributed by atoms with E-state index in [0.717, 1.165) is 10.9 Å². The van der Waals surface area contributed by atoms with Crippen molar-refractivity contribution in [3.8, 4) is 11.5 Å². The van der Waals surface area contributed by atoms with Crippen LogP contribution in [0.3, 0.4) is 0 Å². The van der Waals surface area contributed by atoms with Gasteiger partial charge in [0.15, 0.2) is 5.75 Å². The molecule has 1 heterocycles. The van der Waals surface area contributed by atoms with Crippen molar-refractivity contribution in [3.05, 3.63) is 102 Å². The Labute approximate surface area is 238 Å². The first-order chi connectivity index (χ1) is 18.7. The monoisotopic (exact) mass is 612 g/mol. The number of benzene rings is 3. The smallest absolute Gasteiger partial charge is 0.315 e. The molecule has 0 aliphatic heterocycles. The largest absolute Gasteiger partial charge is 0.490 e. The third kappa shape index (κ3) is 6.29. The first-order valence-electron chi connectivity index (χ1n) is 12.3. The maximum atomic E-state index is 13.4. The lowest BCUT2D eigenvalue weighted by Gasteiger charge is -2.15. The summed E-state index contributed by atoms with van der Waals surface area (Å²) in [7, 11) is 0. The number of rotatable bonds is 10. The van der Waals surface area contributed by atoms with Crippen LogP contribution in [0.5, 0.6) is 11.5 Å². The van der Waals surface area contributed by atoms with Gasteiger partial charge in [0.1, 0.15) is 12.4 Å². The Morgan fingerprint density at radius 2 is 1.95 bits per heavy atom. The molecule has 0 saturated carbocycles. The number of nitrogens with zero attached hydrogens (tertiary/aromatic N) is 4. The summed E-state index contributed by atoms with van der Waals surface area (Å²) >= 11 is 9.62. The van der Waals surface area contributed by atoms with Crippen molar-refractivity contribution >= 4 is 50.3 Å². The molecule has 9 nitrogen and oxygen atoms in total. The normalized spacial score (nSPS) is 12.1. The molecule has 202 valence electrons. The van der Waals surface area contributed by atoms with E-state index in [1.165, 1.54) is 17.0 Å². The van der Waals surface area contributed by atoms with E-state index in [2.05, 4.69) is 21.0 Å². The second-order valence-electron chi connectivity index (χ2n) is 8.74. The Bertz CT molecular complexity index is 1620. The van der Waals surface area contributed by atoms with Gasteiger partial charge in [0.25, 0.3) is 5.56 Å². The summed E-state index contributed by atoms with van der Waals surface area (Å²) < 4.78 is 13.5. The fourth-order valence-electron chi connectivity index (χ4n) is 3.90. The lowest BCUT2D eigenvalue weighted by atomic mass is 10.1. The van der Waals surface area contributed by atoms with Gasteiger partial charge in [-0.25, -0.2) is 4.98 Å². The van der Waals surface area contributed by atoms with E-state index in [0.29, 0.717) is 32.9 Å². The number of ether oxygens (including phenoxy) is 2. The fraction of sp³-hybridized carbons (Fsp3) is 0.250. The molecule has 0 fully saturated rings. The average molecular weight is 614 g/mol. The first kappa shape index (κ1) is 28.3. The number of halogens is 2. The zero-order chi connectivity index (χ0) is 28.1. The highest BCUT2D eigenvalue weighted by Crippen LogP contribution is 2.39. The van der Waals surface area contributed by atoms with Crippen molar-refractivity contribution in [2.75, 3.05) is 6.61 Å². The molecule has 0 N–H and O–H groups in total. The molecule has 1 aromatic heterocycles. The van der Waals surface area contributed by atoms with Crippen LogP contribution in [-0.2, 0) is 6.61 Å². The van der Waals surface area contributed by atoms with Crippen LogP contribution in [0.25, 0.3) is 10.9 Å². The van der Waals surface area contributed by atoms with Crippen LogP contribution in [0.15, 0.2) is 69.0 Å². The number of hydrogen-bond acceptors (Lipinski definition) is 7. The number of nitro groups is 1. The molecule has 0 spiro atoms. The highest BCUT2D eigenvalue weighted by Gasteiger charge is 2.23. The molecule has 1 atom stereocenters. The molecule has 0 aliphatic rings. The van der Waals surface area contributed by atoms with Crippen molar-refractivity contribution in [2.24, 2.45) is 5.10 Å². The Morgan fingerprint density at radius 3 is 2.64 bits per heavy atom. The molecule has 0 aliphatic carbocycles. The van der Waals surface area contributed by atoms with Crippen LogP contribution in [0.1, 0.15) is 50.1 Å². The van der Waals surface area contributed by atoms with Gasteiger partial charge in [-0.2, -0.15) is 9.78 Å². The molecular formula is C28H26BrClN4O5. The van der Waals surface area contributed by atoms with Gasteiger partial charge in [-0.1, -0.05) is 59.6 Å². The summed E-state index contributed by atoms with van der Waals surface area (Å²) in [6.45, 7) is 5.99. The minimum absolute atomic E-state index is 0.0139. The van der Waals surface area contributed by atoms with E-state index < -0.39 is 4.92 Å². The Hall–Kier alpha value is -3.76. The van der Waals surface area contributed by atoms with Gasteiger partial charge in [0.2, 0.25) is 5.75 Å². The molecule has 11 heteroatoms. The van der Waals surface area contributed by atoms with E-state index in [1.54, 1.807) is 49.4 Å². The van der Waals surface area contributed by atoms with Crippen LogP contribution < -0.4 is 15.0 Å². The van der Waals surface area contributed by atoms with Gasteiger partial charge < -0.3 is 9.47 Å². The predicted molar refractivity (Wildman–Crippen MR) is 155 cm³/mol. The van der Waals surface area contributed by atoms with Crippen molar-refractivity contribution in [1.82, 2.24) is 9.66 Å². The minimum atomic E-state index is -0.548. The highest BCUT2D eigenvalue weighted by atomic mass is 79.9. The van der Waals surface area contributed by atoms with E-state index in [4.69, 9.17) is 26.1 Å². The third-order valence-electron chi connectivity index (χ3n) is 6.09. The first-order valence-corrected chi connectivity index (χ1v) is 13.5. The Balaban J connectivity index is 1.79. The van der Waals surface area contributed by atoms with Gasteiger partial charge in [-0.05, 0) is 43.7 Å². The van der Waals surface area contributed by atoms with Gasteiger partial charge >= 0.3 is 5.69 Å². The lowest BCUT2D eigenvalue weighted by molar-refractivity contribution is -0.386. The van der Waals surface area contributed by atoms with E-state index >= 15 is 0 Å². The van der Waals surface area contributed by atoms with E-state index in [-0.39, 0.29) is 41.9 Å². The lowest BCUT2D eigenvalue weighted by Crippen LogP contribution is -2.23. The standard InChI is InChI=1S/C28H26BrClN4O5/c1-4-17(3)27-32-23-11-10-20(29)14-21(23)28(35)33(27)31-15-18-12-24(34(36)37)26(25(13-18)38-5-2)39-16-19-8-6-7-9-22(19)30/h6-15,17H,4-5,16H2,1-3H3/t17-/m0/s1. The molecular weight excluding hydrogens is 588 g/mol. The number of nitro benzene ring substituents is 1. The Kier molecular flexibility index (Phi) is 8.98. The zero-order valence-electron chi connectivity index (χ0n) is 21.6. The minimum Gasteiger partial charge on any atom is -0.490 e. The molecule has 0 unspecified atom stereocenters. The highest BCUT2D eigenvalue weighted by molar-refractivity contribution is 9.10. The molecule has 39 heavy (non-hydrogen) atoms. The summed E-state index contributed by atoms with van der Waals surface area (Å²) in [6, 6.07) is 15.3. The summed E-state index contributed by atoms with van der Waals surface area (Å²) in [4.78, 5) is 29.6. The van der Waals surface area contributed by atoms with Crippen molar-refractivity contribution < 1.29 is 14.4 Å². The topological polar surface area (TPSA) is 109 Å². The fourth-order valence-corrected chi connectivity index (χ4v) is 4.45. The van der Waals surface area contributed by atoms with Crippen LogP contribution in [0.4, 0.5) is 5.69 Å². The average Bonchev–Trinajstić information content (AvgIpc) is 2.92. The second kappa shape index (κ2) is 12.4. The molecule has 4 aromatic rings. The molecule has 0 amide bonds. The van der Waals surface area contributed by atoms with Crippen molar-refractivity contribution in [1.29, 1.82) is 0 Å². The summed E-state index contributed by atoms with van der Waals surface area (Å²) in [5, 5.41) is 17.3. The number of hydrogen-bond donors (Lipinski definition) is 0. The molecule has 0 saturated heterocycles. The number of aromatic nitrogens is 2. The summed E-state index contributed by atoms with van der Waals surface area (Å²) in [5.41, 5.74) is 0.955. The molecule has 0 radical (unpaired) electrons. The van der Waals surface area contributed by atoms with Crippen LogP contribution in [0, 0.1) is 10.1 Å². The summed E-state index contributed by atoms with van der Waals surface area (Å²) in [5.74, 6) is 0.591. The van der Waals surface area contributed by atoms with E-state index in [9.17, 15) is 14.9 Å². The predicted octanol–water partition coefficient (Wildman–Crippen LogP) is 7.09. The van der Waals surface area contributed by atoms with Crippen LogP contribution >= 0.6 is 27.5 Å². The van der Waals surface area contributed by atoms with E-state index in [1.807, 2.05) is 19.9 Å². The van der Waals surface area contributed by atoms with Gasteiger partial charge in [-0.3, -0.25) is 14.9 Å². The quantitative estimate of drug-likeness (QED) is 0.107. The zero-order valence-corrected chi connectivity index (χ0v) is 23.9. The molecule has 4 rings (SSSR count). The number of fused-ring (bicyclic) bond motifs is 1. The Morgan fingerprint density at radius 1 is 1.18 bits per heavy atom. The van der Waals surface area contributed by atoms with Crippen molar-refractivity contribution in [3.63, 3.8) is 0 Å². The SMILES string of the molecule is CCOc1cc(C=Nn2c([C@@H](C)CC)nc3ccc(Br)cc3c2=O)cc([N+](=O)[O-])c1OCc1ccccc1Cl. The van der Waals surface area contributed by atoms with Gasteiger partial charge in [0.05, 0.1) is 28.6 Å². The van der Waals surface area contributed by atoms with Crippen molar-refractivity contribution in [2.45, 2.75) is 39.7 Å².